The molecule has 0 fully saturated rings. The molecule has 2 aromatic rings. The minimum Gasteiger partial charge on any atom is -0.488 e. The minimum absolute atomic E-state index is 0.00295. The third-order valence-electron chi connectivity index (χ3n) is 4.55. The molecule has 0 aromatic heterocycles. The highest BCUT2D eigenvalue weighted by atomic mass is 16.5. The summed E-state index contributed by atoms with van der Waals surface area (Å²) in [4.78, 5) is 12.3. The molecular weight excluding hydrogens is 298 g/mol. The second kappa shape index (κ2) is 6.31. The van der Waals surface area contributed by atoms with E-state index in [0.29, 0.717) is 6.54 Å². The molecule has 1 atom stereocenters. The van der Waals surface area contributed by atoms with Gasteiger partial charge in [-0.25, -0.2) is 0 Å². The fraction of sp³-hybridized carbons (Fsp3) is 0.381. The maximum Gasteiger partial charge on any atom is 0.251 e. The van der Waals surface area contributed by atoms with Crippen LogP contribution in [0.1, 0.15) is 47.8 Å². The molecule has 3 heteroatoms. The fourth-order valence-electron chi connectivity index (χ4n) is 3.03. The Balaban J connectivity index is 1.62. The number of carbonyl (C=O) groups excluding carboxylic acids is 1. The molecule has 1 amide bonds. The van der Waals surface area contributed by atoms with Crippen molar-refractivity contribution in [1.29, 1.82) is 0 Å². The molecule has 0 saturated heterocycles. The zero-order chi connectivity index (χ0) is 17.3. The maximum absolute atomic E-state index is 12.3. The van der Waals surface area contributed by atoms with E-state index in [9.17, 15) is 4.79 Å². The van der Waals surface area contributed by atoms with Crippen molar-refractivity contribution in [2.45, 2.75) is 45.6 Å². The van der Waals surface area contributed by atoms with Crippen molar-refractivity contribution in [2.75, 3.05) is 6.54 Å². The highest BCUT2D eigenvalue weighted by Crippen LogP contribution is 2.33. The van der Waals surface area contributed by atoms with Crippen LogP contribution in [0, 0.1) is 6.92 Å². The van der Waals surface area contributed by atoms with Gasteiger partial charge in [0.1, 0.15) is 11.9 Å². The number of hydrogen-bond donors (Lipinski definition) is 1. The lowest BCUT2D eigenvalue weighted by Crippen LogP contribution is -2.34. The second-order valence-corrected chi connectivity index (χ2v) is 7.54. The van der Waals surface area contributed by atoms with Crippen LogP contribution in [-0.4, -0.2) is 18.6 Å². The predicted octanol–water partition coefficient (Wildman–Crippen LogP) is 4.03. The molecule has 0 saturated carbocycles. The van der Waals surface area contributed by atoms with Gasteiger partial charge in [-0.05, 0) is 41.2 Å². The van der Waals surface area contributed by atoms with Gasteiger partial charge in [0.15, 0.2) is 0 Å². The van der Waals surface area contributed by atoms with Crippen molar-refractivity contribution in [2.24, 2.45) is 0 Å². The van der Waals surface area contributed by atoms with E-state index in [1.165, 1.54) is 11.1 Å². The number of carbonyl (C=O) groups is 1. The lowest BCUT2D eigenvalue weighted by atomic mass is 9.86. The van der Waals surface area contributed by atoms with Crippen molar-refractivity contribution < 1.29 is 9.53 Å². The second-order valence-electron chi connectivity index (χ2n) is 7.54. The van der Waals surface area contributed by atoms with E-state index in [1.54, 1.807) is 0 Å². The first-order valence-electron chi connectivity index (χ1n) is 8.48. The van der Waals surface area contributed by atoms with E-state index in [2.05, 4.69) is 44.3 Å². The van der Waals surface area contributed by atoms with Crippen LogP contribution in [-0.2, 0) is 11.8 Å². The van der Waals surface area contributed by atoms with Gasteiger partial charge in [-0.3, -0.25) is 4.79 Å². The number of amides is 1. The van der Waals surface area contributed by atoms with Crippen molar-refractivity contribution in [3.63, 3.8) is 0 Å². The Kier molecular flexibility index (Phi) is 4.35. The van der Waals surface area contributed by atoms with E-state index < -0.39 is 0 Å². The van der Waals surface area contributed by atoms with Crippen molar-refractivity contribution in [3.8, 4) is 5.75 Å². The van der Waals surface area contributed by atoms with Crippen LogP contribution in [0.3, 0.4) is 0 Å². The summed E-state index contributed by atoms with van der Waals surface area (Å²) >= 11 is 0. The number of nitrogens with one attached hydrogen (secondary N) is 1. The normalized spacial score (nSPS) is 16.4. The van der Waals surface area contributed by atoms with Gasteiger partial charge in [0.05, 0.1) is 6.54 Å². The van der Waals surface area contributed by atoms with Crippen LogP contribution >= 0.6 is 0 Å². The van der Waals surface area contributed by atoms with Gasteiger partial charge in [-0.1, -0.05) is 51.1 Å². The van der Waals surface area contributed by atoms with Gasteiger partial charge in [0, 0.05) is 12.0 Å². The molecule has 1 aliphatic heterocycles. The maximum atomic E-state index is 12.3. The summed E-state index contributed by atoms with van der Waals surface area (Å²) in [5, 5.41) is 3.00. The zero-order valence-corrected chi connectivity index (χ0v) is 14.8. The molecule has 1 heterocycles. The molecule has 0 unspecified atom stereocenters. The van der Waals surface area contributed by atoms with Gasteiger partial charge in [0.25, 0.3) is 5.91 Å². The smallest absolute Gasteiger partial charge is 0.251 e. The monoisotopic (exact) mass is 323 g/mol. The van der Waals surface area contributed by atoms with Crippen molar-refractivity contribution in [3.05, 3.63) is 64.7 Å². The van der Waals surface area contributed by atoms with E-state index >= 15 is 0 Å². The summed E-state index contributed by atoms with van der Waals surface area (Å²) < 4.78 is 5.98. The number of fused-ring (bicyclic) bond motifs is 1. The van der Waals surface area contributed by atoms with Crippen LogP contribution in [0.5, 0.6) is 5.75 Å². The molecular formula is C21H25NO2. The van der Waals surface area contributed by atoms with Gasteiger partial charge in [0.2, 0.25) is 0 Å². The zero-order valence-electron chi connectivity index (χ0n) is 14.8. The van der Waals surface area contributed by atoms with E-state index in [4.69, 9.17) is 4.74 Å². The van der Waals surface area contributed by atoms with Crippen LogP contribution in [0.15, 0.2) is 42.5 Å². The largest absolute Gasteiger partial charge is 0.488 e. The number of ether oxygens (including phenoxy) is 1. The van der Waals surface area contributed by atoms with Crippen LogP contribution in [0.2, 0.25) is 0 Å². The average molecular weight is 323 g/mol. The molecule has 0 spiro atoms. The Hall–Kier alpha value is -2.29. The van der Waals surface area contributed by atoms with Crippen molar-refractivity contribution in [1.82, 2.24) is 5.32 Å². The highest BCUT2D eigenvalue weighted by molar-refractivity contribution is 5.95. The molecule has 2 aromatic carbocycles. The lowest BCUT2D eigenvalue weighted by molar-refractivity contribution is 0.0933. The highest BCUT2D eigenvalue weighted by Gasteiger charge is 2.25. The fourth-order valence-corrected chi connectivity index (χ4v) is 3.03. The summed E-state index contributed by atoms with van der Waals surface area (Å²) in [6.45, 7) is 9.11. The summed E-state index contributed by atoms with van der Waals surface area (Å²) in [6.07, 6.45) is 0.844. The Morgan fingerprint density at radius 3 is 2.67 bits per heavy atom. The van der Waals surface area contributed by atoms with E-state index in [-0.39, 0.29) is 17.4 Å². The molecule has 126 valence electrons. The Morgan fingerprint density at radius 1 is 1.21 bits per heavy atom. The molecule has 3 rings (SSSR count). The predicted molar refractivity (Wildman–Crippen MR) is 96.8 cm³/mol. The standard InChI is InChI=1S/C21H25NO2/c1-14-7-5-6-8-18(14)20(23)22-13-17-12-15-11-16(21(2,3)4)9-10-19(15)24-17/h5-11,17H,12-13H2,1-4H3,(H,22,23)/t17-/m1/s1. The lowest BCUT2D eigenvalue weighted by Gasteiger charge is -2.19. The van der Waals surface area contributed by atoms with E-state index in [0.717, 1.165) is 23.3 Å². The molecule has 0 aliphatic carbocycles. The molecule has 3 nitrogen and oxygen atoms in total. The van der Waals surface area contributed by atoms with Gasteiger partial charge in [-0.15, -0.1) is 0 Å². The first kappa shape index (κ1) is 16.6. The molecule has 24 heavy (non-hydrogen) atoms. The number of rotatable bonds is 3. The number of aryl methyl sites for hydroxylation is 1. The Morgan fingerprint density at radius 2 is 1.96 bits per heavy atom. The van der Waals surface area contributed by atoms with Crippen LogP contribution in [0.4, 0.5) is 0 Å². The van der Waals surface area contributed by atoms with Gasteiger partial charge >= 0.3 is 0 Å². The van der Waals surface area contributed by atoms with Gasteiger partial charge in [-0.2, -0.15) is 0 Å². The summed E-state index contributed by atoms with van der Waals surface area (Å²) in [5.74, 6) is 0.904. The van der Waals surface area contributed by atoms with Crippen molar-refractivity contribution >= 4 is 5.91 Å². The Labute approximate surface area is 144 Å². The summed E-state index contributed by atoms with van der Waals surface area (Å²) in [6, 6.07) is 14.0. The number of hydrogen-bond acceptors (Lipinski definition) is 2. The molecule has 0 bridgehead atoms. The molecule has 1 aliphatic rings. The topological polar surface area (TPSA) is 38.3 Å². The third kappa shape index (κ3) is 3.45. The quantitative estimate of drug-likeness (QED) is 0.926. The summed E-state index contributed by atoms with van der Waals surface area (Å²) in [7, 11) is 0. The first-order chi connectivity index (χ1) is 11.3. The SMILES string of the molecule is Cc1ccccc1C(=O)NC[C@H]1Cc2cc(C(C)(C)C)ccc2O1. The summed E-state index contributed by atoms with van der Waals surface area (Å²) in [5.41, 5.74) is 4.39. The first-order valence-corrected chi connectivity index (χ1v) is 8.48. The van der Waals surface area contributed by atoms with Crippen LogP contribution in [0.25, 0.3) is 0 Å². The van der Waals surface area contributed by atoms with Crippen LogP contribution < -0.4 is 10.1 Å². The minimum atomic E-state index is -0.0389. The third-order valence-corrected chi connectivity index (χ3v) is 4.55. The Bertz CT molecular complexity index is 759. The van der Waals surface area contributed by atoms with E-state index in [1.807, 2.05) is 31.2 Å². The van der Waals surface area contributed by atoms with Gasteiger partial charge < -0.3 is 10.1 Å². The average Bonchev–Trinajstić information content (AvgIpc) is 2.94. The molecule has 1 N–H and O–H groups in total. The number of benzene rings is 2. The molecule has 0 radical (unpaired) electrons.